The molecule has 0 heterocycles. The quantitative estimate of drug-likeness (QED) is 0.791. The second-order valence-electron chi connectivity index (χ2n) is 5.54. The second kappa shape index (κ2) is 5.65. The van der Waals surface area contributed by atoms with E-state index in [1.807, 2.05) is 12.1 Å². The van der Waals surface area contributed by atoms with Gasteiger partial charge in [-0.2, -0.15) is 0 Å². The molecule has 2 nitrogen and oxygen atoms in total. The van der Waals surface area contributed by atoms with Crippen molar-refractivity contribution in [3.05, 3.63) is 35.4 Å². The smallest absolute Gasteiger partial charge is 0.0914 e. The molecule has 0 aliphatic heterocycles. The summed E-state index contributed by atoms with van der Waals surface area (Å²) in [6.07, 6.45) is 3.24. The first-order valence-corrected chi connectivity index (χ1v) is 6.65. The van der Waals surface area contributed by atoms with Gasteiger partial charge < -0.3 is 10.4 Å². The minimum absolute atomic E-state index is 0.372. The van der Waals surface area contributed by atoms with Gasteiger partial charge in [0.2, 0.25) is 0 Å². The zero-order valence-corrected chi connectivity index (χ0v) is 10.8. The summed E-state index contributed by atoms with van der Waals surface area (Å²) >= 11 is 0. The summed E-state index contributed by atoms with van der Waals surface area (Å²) in [6.45, 7) is 5.12. The molecule has 2 rings (SSSR count). The Morgan fingerprint density at radius 1 is 1.35 bits per heavy atom. The lowest BCUT2D eigenvalue weighted by Crippen LogP contribution is -2.23. The van der Waals surface area contributed by atoms with Gasteiger partial charge in [0.15, 0.2) is 0 Å². The molecule has 1 aromatic rings. The molecule has 2 N–H and O–H groups in total. The molecule has 94 valence electrons. The van der Waals surface area contributed by atoms with Gasteiger partial charge in [0, 0.05) is 12.6 Å². The van der Waals surface area contributed by atoms with Gasteiger partial charge in [0.25, 0.3) is 0 Å². The maximum absolute atomic E-state index is 10.1. The molecule has 0 amide bonds. The van der Waals surface area contributed by atoms with Crippen molar-refractivity contribution >= 4 is 0 Å². The fourth-order valence-electron chi connectivity index (χ4n) is 2.08. The van der Waals surface area contributed by atoms with Gasteiger partial charge in [0.1, 0.15) is 0 Å². The van der Waals surface area contributed by atoms with E-state index >= 15 is 0 Å². The third-order valence-corrected chi connectivity index (χ3v) is 3.16. The van der Waals surface area contributed by atoms with Gasteiger partial charge >= 0.3 is 0 Å². The zero-order valence-electron chi connectivity index (χ0n) is 10.8. The molecule has 0 spiro atoms. The average molecular weight is 233 g/mol. The molecule has 2 heteroatoms. The number of aliphatic hydroxyl groups is 1. The van der Waals surface area contributed by atoms with Crippen LogP contribution in [0.2, 0.25) is 0 Å². The van der Waals surface area contributed by atoms with Crippen molar-refractivity contribution in [3.8, 4) is 0 Å². The third kappa shape index (κ3) is 4.14. The predicted octanol–water partition coefficient (Wildman–Crippen LogP) is 2.67. The average Bonchev–Trinajstić information content (AvgIpc) is 3.09. The minimum Gasteiger partial charge on any atom is -0.387 e. The van der Waals surface area contributed by atoms with Crippen molar-refractivity contribution in [1.29, 1.82) is 0 Å². The highest BCUT2D eigenvalue weighted by Gasteiger charge is 2.21. The third-order valence-electron chi connectivity index (χ3n) is 3.16. The van der Waals surface area contributed by atoms with Crippen molar-refractivity contribution in [3.63, 3.8) is 0 Å². The molecular weight excluding hydrogens is 210 g/mol. The number of aliphatic hydroxyl groups excluding tert-OH is 1. The van der Waals surface area contributed by atoms with Crippen molar-refractivity contribution in [2.75, 3.05) is 6.54 Å². The van der Waals surface area contributed by atoms with Gasteiger partial charge in [-0.25, -0.2) is 0 Å². The topological polar surface area (TPSA) is 32.3 Å². The minimum atomic E-state index is -0.372. The van der Waals surface area contributed by atoms with Crippen molar-refractivity contribution < 1.29 is 5.11 Å². The van der Waals surface area contributed by atoms with Crippen LogP contribution in [0, 0.1) is 5.92 Å². The Hall–Kier alpha value is -0.860. The number of hydrogen-bond donors (Lipinski definition) is 2. The van der Waals surface area contributed by atoms with E-state index in [0.29, 0.717) is 18.5 Å². The molecule has 1 aliphatic carbocycles. The molecule has 0 aromatic heterocycles. The molecule has 1 aliphatic rings. The normalized spacial score (nSPS) is 17.4. The Balaban J connectivity index is 1.93. The Morgan fingerprint density at radius 2 is 2.12 bits per heavy atom. The molecular formula is C15H23NO. The van der Waals surface area contributed by atoms with E-state index in [9.17, 15) is 5.11 Å². The summed E-state index contributed by atoms with van der Waals surface area (Å²) in [4.78, 5) is 0. The van der Waals surface area contributed by atoms with Crippen molar-refractivity contribution in [2.45, 2.75) is 45.3 Å². The molecule has 17 heavy (non-hydrogen) atoms. The van der Waals surface area contributed by atoms with Crippen LogP contribution in [0.5, 0.6) is 0 Å². The first-order chi connectivity index (χ1) is 8.15. The Bertz CT molecular complexity index is 358. The summed E-state index contributed by atoms with van der Waals surface area (Å²) < 4.78 is 0. The largest absolute Gasteiger partial charge is 0.387 e. The molecule has 1 atom stereocenters. The second-order valence-corrected chi connectivity index (χ2v) is 5.54. The Kier molecular flexibility index (Phi) is 4.19. The highest BCUT2D eigenvalue weighted by molar-refractivity contribution is 5.25. The van der Waals surface area contributed by atoms with E-state index in [-0.39, 0.29) is 6.10 Å². The summed E-state index contributed by atoms with van der Waals surface area (Å²) in [6, 6.07) is 9.00. The Labute approximate surface area is 104 Å². The first-order valence-electron chi connectivity index (χ1n) is 6.65. The molecule has 1 unspecified atom stereocenters. The fourth-order valence-corrected chi connectivity index (χ4v) is 2.08. The summed E-state index contributed by atoms with van der Waals surface area (Å²) in [7, 11) is 0. The van der Waals surface area contributed by atoms with Gasteiger partial charge in [0.05, 0.1) is 6.10 Å². The highest BCUT2D eigenvalue weighted by Crippen LogP contribution is 2.21. The van der Waals surface area contributed by atoms with E-state index in [1.165, 1.54) is 18.4 Å². The van der Waals surface area contributed by atoms with Crippen LogP contribution in [0.3, 0.4) is 0 Å². The van der Waals surface area contributed by atoms with Crippen molar-refractivity contribution in [2.24, 2.45) is 5.92 Å². The highest BCUT2D eigenvalue weighted by atomic mass is 16.3. The van der Waals surface area contributed by atoms with E-state index in [4.69, 9.17) is 0 Å². The van der Waals surface area contributed by atoms with Gasteiger partial charge in [-0.3, -0.25) is 0 Å². The maximum atomic E-state index is 10.1. The zero-order chi connectivity index (χ0) is 12.3. The monoisotopic (exact) mass is 233 g/mol. The molecule has 1 fully saturated rings. The van der Waals surface area contributed by atoms with Crippen molar-refractivity contribution in [1.82, 2.24) is 5.32 Å². The fraction of sp³-hybridized carbons (Fsp3) is 0.600. The lowest BCUT2D eigenvalue weighted by Gasteiger charge is -2.13. The summed E-state index contributed by atoms with van der Waals surface area (Å²) in [5.74, 6) is 0.659. The lowest BCUT2D eigenvalue weighted by molar-refractivity contribution is 0.174. The summed E-state index contributed by atoms with van der Waals surface area (Å²) in [5.41, 5.74) is 2.36. The van der Waals surface area contributed by atoms with Gasteiger partial charge in [-0.05, 0) is 36.3 Å². The number of benzene rings is 1. The van der Waals surface area contributed by atoms with Crippen LogP contribution in [0.1, 0.15) is 43.9 Å². The number of rotatable bonds is 6. The van der Waals surface area contributed by atoms with Gasteiger partial charge in [-0.15, -0.1) is 0 Å². The SMILES string of the molecule is CC(C)Cc1cccc(C(O)CNC2CC2)c1. The lowest BCUT2D eigenvalue weighted by atomic mass is 9.99. The van der Waals surface area contributed by atoms with Crippen LogP contribution in [0.25, 0.3) is 0 Å². The standard InChI is InChI=1S/C15H23NO/c1-11(2)8-12-4-3-5-13(9-12)15(17)10-16-14-6-7-14/h3-5,9,11,14-17H,6-8,10H2,1-2H3. The van der Waals surface area contributed by atoms with Gasteiger partial charge in [-0.1, -0.05) is 38.1 Å². The Morgan fingerprint density at radius 3 is 2.76 bits per heavy atom. The van der Waals surface area contributed by atoms with Crippen LogP contribution < -0.4 is 5.32 Å². The van der Waals surface area contributed by atoms with Crippen LogP contribution in [0.4, 0.5) is 0 Å². The van der Waals surface area contributed by atoms with Crippen LogP contribution in [-0.2, 0) is 6.42 Å². The number of hydrogen-bond acceptors (Lipinski definition) is 2. The molecule has 0 saturated heterocycles. The molecule has 0 bridgehead atoms. The molecule has 1 aromatic carbocycles. The predicted molar refractivity (Wildman–Crippen MR) is 71.0 cm³/mol. The molecule has 0 radical (unpaired) electrons. The van der Waals surface area contributed by atoms with Crippen LogP contribution >= 0.6 is 0 Å². The number of nitrogens with one attached hydrogen (secondary N) is 1. The maximum Gasteiger partial charge on any atom is 0.0914 e. The first kappa shape index (κ1) is 12.6. The van der Waals surface area contributed by atoms with E-state index in [1.54, 1.807) is 0 Å². The molecule has 1 saturated carbocycles. The van der Waals surface area contributed by atoms with E-state index in [2.05, 4.69) is 31.3 Å². The van der Waals surface area contributed by atoms with Crippen LogP contribution in [0.15, 0.2) is 24.3 Å². The van der Waals surface area contributed by atoms with Crippen LogP contribution in [-0.4, -0.2) is 17.7 Å². The summed E-state index contributed by atoms with van der Waals surface area (Å²) in [5, 5.41) is 13.5. The van der Waals surface area contributed by atoms with E-state index in [0.717, 1.165) is 12.0 Å². The van der Waals surface area contributed by atoms with E-state index < -0.39 is 0 Å².